The van der Waals surface area contributed by atoms with Crippen LogP contribution in [0.4, 0.5) is 4.39 Å². The van der Waals surface area contributed by atoms with Gasteiger partial charge in [0.2, 0.25) is 5.91 Å². The number of hydrogen-bond acceptors (Lipinski definition) is 4. The summed E-state index contributed by atoms with van der Waals surface area (Å²) in [5.74, 6) is -0.0326. The van der Waals surface area contributed by atoms with E-state index in [1.807, 2.05) is 23.1 Å². The summed E-state index contributed by atoms with van der Waals surface area (Å²) in [4.78, 5) is 23.3. The van der Waals surface area contributed by atoms with Gasteiger partial charge >= 0.3 is 0 Å². The molecule has 1 fully saturated rings. The Balaban J connectivity index is 1.41. The summed E-state index contributed by atoms with van der Waals surface area (Å²) in [7, 11) is 1.46. The molecule has 2 aromatic heterocycles. The van der Waals surface area contributed by atoms with Crippen molar-refractivity contribution in [3.05, 3.63) is 70.8 Å². The van der Waals surface area contributed by atoms with Gasteiger partial charge in [-0.25, -0.2) is 4.39 Å². The Bertz CT molecular complexity index is 1410. The van der Waals surface area contributed by atoms with Gasteiger partial charge in [0.15, 0.2) is 11.6 Å². The number of nitrogens with zero attached hydrogens (tertiary/aromatic N) is 2. The average molecular weight is 459 g/mol. The molecule has 4 aromatic rings. The Morgan fingerprint density at radius 2 is 2.12 bits per heavy atom. The van der Waals surface area contributed by atoms with Crippen molar-refractivity contribution in [2.75, 3.05) is 20.2 Å². The lowest BCUT2D eigenvalue weighted by Crippen LogP contribution is -2.42. The van der Waals surface area contributed by atoms with E-state index in [0.717, 1.165) is 52.6 Å². The van der Waals surface area contributed by atoms with E-state index in [2.05, 4.69) is 22.4 Å². The van der Waals surface area contributed by atoms with Crippen LogP contribution in [0.2, 0.25) is 0 Å². The molecule has 0 unspecified atom stereocenters. The zero-order valence-corrected chi connectivity index (χ0v) is 19.2. The second kappa shape index (κ2) is 8.40. The van der Waals surface area contributed by atoms with Crippen LogP contribution in [-0.4, -0.2) is 47.0 Å². The topological polar surface area (TPSA) is 70.2 Å². The lowest BCUT2D eigenvalue weighted by atomic mass is 9.96. The number of hydrogen-bond donors (Lipinski definition) is 2. The first-order chi connectivity index (χ1) is 16.6. The number of pyridine rings is 1. The third kappa shape index (κ3) is 3.80. The third-order valence-corrected chi connectivity index (χ3v) is 6.95. The Hall–Kier alpha value is -3.45. The van der Waals surface area contributed by atoms with E-state index in [-0.39, 0.29) is 17.5 Å². The zero-order valence-electron chi connectivity index (χ0n) is 19.2. The van der Waals surface area contributed by atoms with Crippen molar-refractivity contribution in [1.82, 2.24) is 20.2 Å². The molecule has 1 aliphatic carbocycles. The zero-order chi connectivity index (χ0) is 23.2. The van der Waals surface area contributed by atoms with E-state index in [9.17, 15) is 9.18 Å². The summed E-state index contributed by atoms with van der Waals surface area (Å²) in [6.45, 7) is 1.57. The monoisotopic (exact) mass is 458 g/mol. The van der Waals surface area contributed by atoms with E-state index < -0.39 is 0 Å². The molecule has 1 saturated carbocycles. The van der Waals surface area contributed by atoms with Gasteiger partial charge in [0, 0.05) is 35.3 Å². The maximum absolute atomic E-state index is 14.4. The number of H-pyrrole nitrogens is 1. The fourth-order valence-corrected chi connectivity index (χ4v) is 4.99. The molecule has 0 atom stereocenters. The molecule has 0 spiro atoms. The molecule has 0 bridgehead atoms. The summed E-state index contributed by atoms with van der Waals surface area (Å²) in [5.41, 5.74) is 5.87. The molecule has 34 heavy (non-hydrogen) atoms. The molecule has 2 aromatic carbocycles. The number of ether oxygens (including phenoxy) is 1. The Morgan fingerprint density at radius 1 is 1.26 bits per heavy atom. The van der Waals surface area contributed by atoms with Crippen molar-refractivity contribution in [2.24, 2.45) is 0 Å². The van der Waals surface area contributed by atoms with Crippen molar-refractivity contribution in [3.63, 3.8) is 0 Å². The summed E-state index contributed by atoms with van der Waals surface area (Å²) < 4.78 is 19.4. The number of aromatic nitrogens is 2. The summed E-state index contributed by atoms with van der Waals surface area (Å²) >= 11 is 0. The van der Waals surface area contributed by atoms with Gasteiger partial charge in [-0.15, -0.1) is 0 Å². The standard InChI is InChI=1S/C27H27FN4O2/c1-34-24-9-6-16(12-20(24)28)13-22-27-26(18-4-2-3-5-21(18)31-27)19-10-11-32(15-23(19)30-22)25(33)14-29-17-7-8-17/h2-6,9,12,17,29,31H,7-8,10-11,13-15H2,1H3. The normalized spacial score (nSPS) is 15.6. The molecule has 7 heteroatoms. The highest BCUT2D eigenvalue weighted by Gasteiger charge is 2.28. The summed E-state index contributed by atoms with van der Waals surface area (Å²) in [5, 5.41) is 5.66. The number of halogens is 1. The van der Waals surface area contributed by atoms with E-state index in [1.54, 1.807) is 6.07 Å². The third-order valence-electron chi connectivity index (χ3n) is 6.95. The number of aromatic amines is 1. The number of carbonyl (C=O) groups excluding carboxylic acids is 1. The minimum absolute atomic E-state index is 0.122. The van der Waals surface area contributed by atoms with Gasteiger partial charge in [-0.2, -0.15) is 0 Å². The predicted octanol–water partition coefficient (Wildman–Crippen LogP) is 4.09. The van der Waals surface area contributed by atoms with Gasteiger partial charge in [-0.05, 0) is 48.6 Å². The number of nitrogens with one attached hydrogen (secondary N) is 2. The fourth-order valence-electron chi connectivity index (χ4n) is 4.99. The molecule has 2 aliphatic rings. The highest BCUT2D eigenvalue weighted by molar-refractivity contribution is 6.10. The predicted molar refractivity (Wildman–Crippen MR) is 130 cm³/mol. The maximum atomic E-state index is 14.4. The van der Waals surface area contributed by atoms with Gasteiger partial charge in [0.05, 0.1) is 37.1 Å². The van der Waals surface area contributed by atoms with Crippen LogP contribution in [-0.2, 0) is 24.2 Å². The highest BCUT2D eigenvalue weighted by Crippen LogP contribution is 2.35. The summed E-state index contributed by atoms with van der Waals surface area (Å²) in [6, 6.07) is 13.8. The number of amides is 1. The number of rotatable bonds is 6. The van der Waals surface area contributed by atoms with Crippen LogP contribution in [0.1, 0.15) is 35.4 Å². The molecule has 6 nitrogen and oxygen atoms in total. The Morgan fingerprint density at radius 3 is 2.91 bits per heavy atom. The van der Waals surface area contributed by atoms with Crippen LogP contribution in [0.3, 0.4) is 0 Å². The number of carbonyl (C=O) groups is 1. The molecule has 6 rings (SSSR count). The minimum atomic E-state index is -0.384. The van der Waals surface area contributed by atoms with Crippen molar-refractivity contribution >= 4 is 27.7 Å². The lowest BCUT2D eigenvalue weighted by molar-refractivity contribution is -0.131. The molecule has 0 saturated heterocycles. The van der Waals surface area contributed by atoms with Crippen LogP contribution < -0.4 is 10.1 Å². The van der Waals surface area contributed by atoms with E-state index in [0.29, 0.717) is 32.1 Å². The Kier molecular flexibility index (Phi) is 5.21. The van der Waals surface area contributed by atoms with Crippen molar-refractivity contribution in [1.29, 1.82) is 0 Å². The van der Waals surface area contributed by atoms with Crippen LogP contribution >= 0.6 is 0 Å². The second-order valence-electron chi connectivity index (χ2n) is 9.27. The van der Waals surface area contributed by atoms with Gasteiger partial charge in [0.1, 0.15) is 0 Å². The molecule has 1 amide bonds. The largest absolute Gasteiger partial charge is 0.494 e. The van der Waals surface area contributed by atoms with Crippen LogP contribution in [0.15, 0.2) is 42.5 Å². The molecular formula is C27H27FN4O2. The first kappa shape index (κ1) is 21.1. The van der Waals surface area contributed by atoms with E-state index >= 15 is 0 Å². The Labute approximate surface area is 197 Å². The second-order valence-corrected chi connectivity index (χ2v) is 9.27. The molecule has 0 radical (unpaired) electrons. The van der Waals surface area contributed by atoms with Crippen molar-refractivity contribution in [2.45, 2.75) is 38.3 Å². The SMILES string of the molecule is COc1ccc(Cc2nc3c(c4c2[nH]c2ccccc24)CCN(C(=O)CNC2CC2)C3)cc1F. The maximum Gasteiger partial charge on any atom is 0.236 e. The van der Waals surface area contributed by atoms with Crippen molar-refractivity contribution < 1.29 is 13.9 Å². The molecule has 174 valence electrons. The first-order valence-electron chi connectivity index (χ1n) is 11.9. The first-order valence-corrected chi connectivity index (χ1v) is 11.9. The number of benzene rings is 2. The smallest absolute Gasteiger partial charge is 0.236 e. The highest BCUT2D eigenvalue weighted by atomic mass is 19.1. The van der Waals surface area contributed by atoms with E-state index in [4.69, 9.17) is 9.72 Å². The van der Waals surface area contributed by atoms with Crippen LogP contribution in [0.5, 0.6) is 5.75 Å². The fraction of sp³-hybridized carbons (Fsp3) is 0.333. The van der Waals surface area contributed by atoms with Gasteiger partial charge in [0.25, 0.3) is 0 Å². The molecule has 2 N–H and O–H groups in total. The molecular weight excluding hydrogens is 431 g/mol. The van der Waals surface area contributed by atoms with Crippen LogP contribution in [0.25, 0.3) is 21.8 Å². The number of methoxy groups -OCH3 is 1. The van der Waals surface area contributed by atoms with E-state index in [1.165, 1.54) is 24.1 Å². The van der Waals surface area contributed by atoms with Gasteiger partial charge in [-0.1, -0.05) is 24.3 Å². The van der Waals surface area contributed by atoms with Crippen molar-refractivity contribution in [3.8, 4) is 5.75 Å². The van der Waals surface area contributed by atoms with Gasteiger partial charge < -0.3 is 19.9 Å². The number of fused-ring (bicyclic) bond motifs is 5. The molecule has 3 heterocycles. The quantitative estimate of drug-likeness (QED) is 0.457. The average Bonchev–Trinajstić information content (AvgIpc) is 3.60. The van der Waals surface area contributed by atoms with Gasteiger partial charge in [-0.3, -0.25) is 9.78 Å². The minimum Gasteiger partial charge on any atom is -0.494 e. The lowest BCUT2D eigenvalue weighted by Gasteiger charge is -2.29. The number of para-hydroxylation sites is 1. The summed E-state index contributed by atoms with van der Waals surface area (Å²) in [6.07, 6.45) is 3.57. The molecule has 1 aliphatic heterocycles. The van der Waals surface area contributed by atoms with Crippen LogP contribution in [0, 0.1) is 5.82 Å².